The van der Waals surface area contributed by atoms with Gasteiger partial charge < -0.3 is 5.32 Å². The lowest BCUT2D eigenvalue weighted by molar-refractivity contribution is 0.626. The normalized spacial score (nSPS) is 11.1. The Morgan fingerprint density at radius 3 is 2.84 bits per heavy atom. The number of hydrogen-bond acceptors (Lipinski definition) is 2. The fraction of sp³-hybridized carbons (Fsp3) is 0.357. The van der Waals surface area contributed by atoms with Crippen LogP contribution in [-0.2, 0) is 0 Å². The van der Waals surface area contributed by atoms with E-state index in [0.717, 1.165) is 28.3 Å². The maximum absolute atomic E-state index is 13.4. The Bertz CT molecular complexity index is 578. The molecule has 1 aromatic carbocycles. The number of benzene rings is 1. The lowest BCUT2D eigenvalue weighted by atomic mass is 10.2. The molecule has 102 valence electrons. The molecule has 0 fully saturated rings. The van der Waals surface area contributed by atoms with E-state index in [-0.39, 0.29) is 5.82 Å². The molecule has 3 nitrogen and oxygen atoms in total. The quantitative estimate of drug-likeness (QED) is 0.915. The summed E-state index contributed by atoms with van der Waals surface area (Å²) in [5.41, 5.74) is 1.63. The Morgan fingerprint density at radius 1 is 1.42 bits per heavy atom. The van der Waals surface area contributed by atoms with E-state index in [2.05, 4.69) is 40.1 Å². The third-order valence-electron chi connectivity index (χ3n) is 2.66. The van der Waals surface area contributed by atoms with Crippen LogP contribution >= 0.6 is 15.9 Å². The van der Waals surface area contributed by atoms with Gasteiger partial charge in [-0.3, -0.25) is 4.57 Å². The van der Waals surface area contributed by atoms with Gasteiger partial charge in [0.15, 0.2) is 0 Å². The van der Waals surface area contributed by atoms with Crippen LogP contribution in [0.5, 0.6) is 0 Å². The summed E-state index contributed by atoms with van der Waals surface area (Å²) in [6.07, 6.45) is 1.89. The first-order valence-electron chi connectivity index (χ1n) is 6.22. The molecule has 1 N–H and O–H groups in total. The van der Waals surface area contributed by atoms with E-state index in [1.165, 1.54) is 12.1 Å². The zero-order valence-electron chi connectivity index (χ0n) is 11.2. The first kappa shape index (κ1) is 14.1. The molecule has 0 aliphatic rings. The Morgan fingerprint density at radius 2 is 2.16 bits per heavy atom. The van der Waals surface area contributed by atoms with E-state index < -0.39 is 0 Å². The van der Waals surface area contributed by atoms with Crippen molar-refractivity contribution in [3.63, 3.8) is 0 Å². The molecule has 0 aliphatic carbocycles. The van der Waals surface area contributed by atoms with E-state index in [1.54, 1.807) is 6.07 Å². The van der Waals surface area contributed by atoms with Crippen molar-refractivity contribution >= 4 is 21.9 Å². The molecule has 0 amide bonds. The third kappa shape index (κ3) is 3.35. The summed E-state index contributed by atoms with van der Waals surface area (Å²) in [5, 5.41) is 3.29. The van der Waals surface area contributed by atoms with Crippen LogP contribution in [0.3, 0.4) is 0 Å². The number of aryl methyl sites for hydroxylation is 1. The van der Waals surface area contributed by atoms with Crippen molar-refractivity contribution < 1.29 is 4.39 Å². The second kappa shape index (κ2) is 5.74. The van der Waals surface area contributed by atoms with Gasteiger partial charge in [0.1, 0.15) is 5.82 Å². The van der Waals surface area contributed by atoms with Crippen LogP contribution < -0.4 is 5.32 Å². The second-order valence-electron chi connectivity index (χ2n) is 4.95. The van der Waals surface area contributed by atoms with Crippen molar-refractivity contribution in [2.75, 3.05) is 11.9 Å². The van der Waals surface area contributed by atoms with E-state index in [0.29, 0.717) is 5.92 Å². The van der Waals surface area contributed by atoms with Gasteiger partial charge in [0, 0.05) is 17.2 Å². The predicted molar refractivity (Wildman–Crippen MR) is 79.3 cm³/mol. The molecule has 1 aromatic heterocycles. The van der Waals surface area contributed by atoms with Crippen molar-refractivity contribution in [2.45, 2.75) is 20.8 Å². The molecule has 0 saturated heterocycles. The van der Waals surface area contributed by atoms with Crippen LogP contribution in [0.15, 0.2) is 28.9 Å². The predicted octanol–water partition coefficient (Wildman–Crippen LogP) is 4.15. The van der Waals surface area contributed by atoms with E-state index in [4.69, 9.17) is 0 Å². The molecule has 0 bridgehead atoms. The summed E-state index contributed by atoms with van der Waals surface area (Å²) in [7, 11) is 0. The second-order valence-corrected chi connectivity index (χ2v) is 5.80. The average molecular weight is 326 g/mol. The highest BCUT2D eigenvalue weighted by molar-refractivity contribution is 9.10. The van der Waals surface area contributed by atoms with E-state index >= 15 is 0 Å². The average Bonchev–Trinajstić information content (AvgIpc) is 2.71. The number of rotatable bonds is 4. The number of halogens is 2. The highest BCUT2D eigenvalue weighted by atomic mass is 79.9. The highest BCUT2D eigenvalue weighted by Crippen LogP contribution is 2.25. The van der Waals surface area contributed by atoms with Crippen molar-refractivity contribution in [1.82, 2.24) is 9.55 Å². The van der Waals surface area contributed by atoms with Crippen LogP contribution in [0.2, 0.25) is 0 Å². The number of imidazole rings is 1. The third-order valence-corrected chi connectivity index (χ3v) is 3.33. The van der Waals surface area contributed by atoms with Gasteiger partial charge in [-0.1, -0.05) is 13.8 Å². The van der Waals surface area contributed by atoms with Gasteiger partial charge in [-0.25, -0.2) is 9.37 Å². The lowest BCUT2D eigenvalue weighted by Crippen LogP contribution is -2.12. The summed E-state index contributed by atoms with van der Waals surface area (Å²) in [6.45, 7) is 7.00. The van der Waals surface area contributed by atoms with Crippen LogP contribution in [0.4, 0.5) is 10.3 Å². The van der Waals surface area contributed by atoms with Crippen molar-refractivity contribution in [1.29, 1.82) is 0 Å². The van der Waals surface area contributed by atoms with Crippen molar-refractivity contribution in [2.24, 2.45) is 5.92 Å². The van der Waals surface area contributed by atoms with Gasteiger partial charge in [0.2, 0.25) is 5.95 Å². The maximum Gasteiger partial charge on any atom is 0.207 e. The van der Waals surface area contributed by atoms with Crippen LogP contribution in [0.25, 0.3) is 5.69 Å². The van der Waals surface area contributed by atoms with Gasteiger partial charge in [-0.2, -0.15) is 0 Å². The molecule has 2 aromatic rings. The lowest BCUT2D eigenvalue weighted by Gasteiger charge is -2.12. The largest absolute Gasteiger partial charge is 0.355 e. The molecule has 1 heterocycles. The first-order chi connectivity index (χ1) is 8.97. The Balaban J connectivity index is 2.40. The minimum atomic E-state index is -0.264. The zero-order valence-corrected chi connectivity index (χ0v) is 12.8. The Labute approximate surface area is 121 Å². The molecule has 0 atom stereocenters. The van der Waals surface area contributed by atoms with Crippen LogP contribution in [-0.4, -0.2) is 16.1 Å². The van der Waals surface area contributed by atoms with Gasteiger partial charge in [0.25, 0.3) is 0 Å². The minimum Gasteiger partial charge on any atom is -0.355 e. The van der Waals surface area contributed by atoms with Gasteiger partial charge in [-0.05, 0) is 47.0 Å². The first-order valence-corrected chi connectivity index (χ1v) is 7.02. The molecular weight excluding hydrogens is 309 g/mol. The minimum absolute atomic E-state index is 0.264. The van der Waals surface area contributed by atoms with Gasteiger partial charge >= 0.3 is 0 Å². The molecular formula is C14H17BrFN3. The molecule has 5 heteroatoms. The Kier molecular flexibility index (Phi) is 4.24. The van der Waals surface area contributed by atoms with E-state index in [9.17, 15) is 4.39 Å². The van der Waals surface area contributed by atoms with Crippen LogP contribution in [0, 0.1) is 18.7 Å². The molecule has 19 heavy (non-hydrogen) atoms. The Hall–Kier alpha value is -1.36. The number of anilines is 1. The monoisotopic (exact) mass is 325 g/mol. The number of hydrogen-bond donors (Lipinski definition) is 1. The van der Waals surface area contributed by atoms with E-state index in [1.807, 2.05) is 17.7 Å². The zero-order chi connectivity index (χ0) is 14.0. The number of nitrogens with one attached hydrogen (secondary N) is 1. The molecule has 0 aliphatic heterocycles. The summed E-state index contributed by atoms with van der Waals surface area (Å²) in [4.78, 5) is 4.44. The fourth-order valence-electron chi connectivity index (χ4n) is 1.77. The molecule has 0 spiro atoms. The van der Waals surface area contributed by atoms with Gasteiger partial charge in [-0.15, -0.1) is 0 Å². The topological polar surface area (TPSA) is 29.9 Å². The summed E-state index contributed by atoms with van der Waals surface area (Å²) < 4.78 is 16.1. The molecule has 2 rings (SSSR count). The molecule has 0 radical (unpaired) electrons. The summed E-state index contributed by atoms with van der Waals surface area (Å²) >= 11 is 3.45. The number of aromatic nitrogens is 2. The van der Waals surface area contributed by atoms with Crippen molar-refractivity contribution in [3.05, 3.63) is 40.4 Å². The standard InChI is InChI=1S/C14H17BrFN3/c1-9(2)7-17-14-18-10(3)8-19(14)13-6-11(16)4-5-12(13)15/h4-6,8-9H,7H2,1-3H3,(H,17,18). The SMILES string of the molecule is Cc1cn(-c2cc(F)ccc2Br)c(NCC(C)C)n1. The molecule has 0 saturated carbocycles. The summed E-state index contributed by atoms with van der Waals surface area (Å²) in [6, 6.07) is 4.62. The summed E-state index contributed by atoms with van der Waals surface area (Å²) in [5.74, 6) is 0.985. The number of nitrogens with zero attached hydrogens (tertiary/aromatic N) is 2. The van der Waals surface area contributed by atoms with Crippen LogP contribution in [0.1, 0.15) is 19.5 Å². The molecule has 0 unspecified atom stereocenters. The maximum atomic E-state index is 13.4. The fourth-order valence-corrected chi connectivity index (χ4v) is 2.21. The van der Waals surface area contributed by atoms with Gasteiger partial charge in [0.05, 0.1) is 11.4 Å². The smallest absolute Gasteiger partial charge is 0.207 e. The van der Waals surface area contributed by atoms with Crippen molar-refractivity contribution in [3.8, 4) is 5.69 Å². The highest BCUT2D eigenvalue weighted by Gasteiger charge is 2.11.